The Kier molecular flexibility index (Phi) is 2.17. The van der Waals surface area contributed by atoms with E-state index in [-0.39, 0.29) is 0 Å². The predicted octanol–water partition coefficient (Wildman–Crippen LogP) is 3.59. The molecule has 1 N–H and O–H groups in total. The highest BCUT2D eigenvalue weighted by Gasteiger charge is 2.25. The van der Waals surface area contributed by atoms with Gasteiger partial charge in [0.05, 0.1) is 11.8 Å². The van der Waals surface area contributed by atoms with Crippen molar-refractivity contribution >= 4 is 12.2 Å². The van der Waals surface area contributed by atoms with Crippen LogP contribution in [0.15, 0.2) is 22.8 Å². The average Bonchev–Trinajstić information content (AvgIpc) is 3.01. The number of H-pyrrole nitrogens is 1. The van der Waals surface area contributed by atoms with Crippen molar-refractivity contribution in [3.8, 4) is 11.4 Å². The molecule has 0 aromatic carbocycles. The SMILES string of the molecule is Cc1occc1-c1nc(=S)cc(C2CC2)[nH]1. The van der Waals surface area contributed by atoms with Gasteiger partial charge in [0, 0.05) is 5.69 Å². The highest BCUT2D eigenvalue weighted by molar-refractivity contribution is 7.71. The van der Waals surface area contributed by atoms with Crippen molar-refractivity contribution in [2.75, 3.05) is 0 Å². The highest BCUT2D eigenvalue weighted by Crippen LogP contribution is 2.39. The van der Waals surface area contributed by atoms with Crippen molar-refractivity contribution < 1.29 is 4.42 Å². The molecule has 16 heavy (non-hydrogen) atoms. The van der Waals surface area contributed by atoms with E-state index in [9.17, 15) is 0 Å². The number of rotatable bonds is 2. The largest absolute Gasteiger partial charge is 0.469 e. The molecule has 2 aromatic heterocycles. The van der Waals surface area contributed by atoms with Crippen LogP contribution in [0, 0.1) is 11.6 Å². The molecule has 3 nitrogen and oxygen atoms in total. The minimum absolute atomic E-state index is 0.649. The van der Waals surface area contributed by atoms with E-state index < -0.39 is 0 Å². The van der Waals surface area contributed by atoms with Crippen LogP contribution in [-0.4, -0.2) is 9.97 Å². The summed E-state index contributed by atoms with van der Waals surface area (Å²) in [7, 11) is 0. The molecular formula is C12H12N2OS. The topological polar surface area (TPSA) is 41.8 Å². The first-order valence-electron chi connectivity index (χ1n) is 5.40. The Morgan fingerprint density at radius 2 is 2.31 bits per heavy atom. The zero-order valence-electron chi connectivity index (χ0n) is 8.99. The van der Waals surface area contributed by atoms with Crippen LogP contribution in [0.2, 0.25) is 0 Å². The maximum absolute atomic E-state index is 5.28. The van der Waals surface area contributed by atoms with Crippen LogP contribution < -0.4 is 0 Å². The molecule has 82 valence electrons. The molecule has 0 spiro atoms. The molecule has 1 aliphatic rings. The first kappa shape index (κ1) is 9.78. The fraction of sp³-hybridized carbons (Fsp3) is 0.333. The minimum Gasteiger partial charge on any atom is -0.469 e. The van der Waals surface area contributed by atoms with Crippen LogP contribution >= 0.6 is 12.2 Å². The van der Waals surface area contributed by atoms with E-state index in [4.69, 9.17) is 16.6 Å². The zero-order chi connectivity index (χ0) is 11.1. The van der Waals surface area contributed by atoms with Gasteiger partial charge in [-0.2, -0.15) is 0 Å². The summed E-state index contributed by atoms with van der Waals surface area (Å²) in [5, 5.41) is 0. The van der Waals surface area contributed by atoms with Gasteiger partial charge in [-0.05, 0) is 37.8 Å². The van der Waals surface area contributed by atoms with Crippen LogP contribution in [0.25, 0.3) is 11.4 Å². The van der Waals surface area contributed by atoms with Crippen molar-refractivity contribution in [2.45, 2.75) is 25.7 Å². The van der Waals surface area contributed by atoms with Gasteiger partial charge in [0.25, 0.3) is 0 Å². The lowest BCUT2D eigenvalue weighted by atomic mass is 10.2. The van der Waals surface area contributed by atoms with Crippen LogP contribution in [0.1, 0.15) is 30.2 Å². The van der Waals surface area contributed by atoms with Crippen molar-refractivity contribution in [1.82, 2.24) is 9.97 Å². The predicted molar refractivity (Wildman–Crippen MR) is 63.8 cm³/mol. The lowest BCUT2D eigenvalue weighted by molar-refractivity contribution is 0.535. The van der Waals surface area contributed by atoms with E-state index in [1.165, 1.54) is 18.5 Å². The fourth-order valence-electron chi connectivity index (χ4n) is 1.85. The third-order valence-corrected chi connectivity index (χ3v) is 3.10. The number of furan rings is 1. The second kappa shape index (κ2) is 3.56. The van der Waals surface area contributed by atoms with Crippen LogP contribution in [-0.2, 0) is 0 Å². The molecule has 0 radical (unpaired) electrons. The molecule has 2 aromatic rings. The minimum atomic E-state index is 0.649. The summed E-state index contributed by atoms with van der Waals surface area (Å²) in [5.41, 5.74) is 2.20. The smallest absolute Gasteiger partial charge is 0.142 e. The molecule has 4 heteroatoms. The molecule has 0 unspecified atom stereocenters. The first-order chi connectivity index (χ1) is 7.74. The molecule has 1 saturated carbocycles. The number of nitrogens with one attached hydrogen (secondary N) is 1. The molecular weight excluding hydrogens is 220 g/mol. The first-order valence-corrected chi connectivity index (χ1v) is 5.80. The Balaban J connectivity index is 2.13. The summed E-state index contributed by atoms with van der Waals surface area (Å²) in [5.74, 6) is 2.34. The summed E-state index contributed by atoms with van der Waals surface area (Å²) in [6, 6.07) is 3.88. The maximum Gasteiger partial charge on any atom is 0.142 e. The molecule has 0 atom stereocenters. The van der Waals surface area contributed by atoms with Crippen molar-refractivity contribution in [3.05, 3.63) is 34.5 Å². The molecule has 0 aliphatic heterocycles. The van der Waals surface area contributed by atoms with E-state index in [0.717, 1.165) is 17.1 Å². The Morgan fingerprint density at radius 1 is 1.50 bits per heavy atom. The van der Waals surface area contributed by atoms with Gasteiger partial charge in [-0.15, -0.1) is 0 Å². The Bertz CT molecular complexity index is 581. The van der Waals surface area contributed by atoms with E-state index in [1.807, 2.05) is 19.1 Å². The van der Waals surface area contributed by atoms with E-state index in [0.29, 0.717) is 10.6 Å². The average molecular weight is 232 g/mol. The van der Waals surface area contributed by atoms with Crippen LogP contribution in [0.3, 0.4) is 0 Å². The second-order valence-corrected chi connectivity index (χ2v) is 4.61. The van der Waals surface area contributed by atoms with Gasteiger partial charge in [0.15, 0.2) is 0 Å². The second-order valence-electron chi connectivity index (χ2n) is 4.19. The maximum atomic E-state index is 5.28. The molecule has 1 aliphatic carbocycles. The monoisotopic (exact) mass is 232 g/mol. The number of nitrogens with zero attached hydrogens (tertiary/aromatic N) is 1. The number of aromatic nitrogens is 2. The van der Waals surface area contributed by atoms with Gasteiger partial charge in [-0.25, -0.2) is 4.98 Å². The number of hydrogen-bond donors (Lipinski definition) is 1. The summed E-state index contributed by atoms with van der Waals surface area (Å²) in [4.78, 5) is 7.70. The van der Waals surface area contributed by atoms with Crippen molar-refractivity contribution in [2.24, 2.45) is 0 Å². The molecule has 0 saturated heterocycles. The summed E-state index contributed by atoms with van der Waals surface area (Å²) < 4.78 is 5.93. The Hall–Kier alpha value is -1.42. The fourth-order valence-corrected chi connectivity index (χ4v) is 2.07. The Morgan fingerprint density at radius 3 is 2.94 bits per heavy atom. The van der Waals surface area contributed by atoms with Gasteiger partial charge in [0.1, 0.15) is 16.2 Å². The van der Waals surface area contributed by atoms with Crippen LogP contribution in [0.4, 0.5) is 0 Å². The number of aromatic amines is 1. The van der Waals surface area contributed by atoms with Gasteiger partial charge in [-0.3, -0.25) is 0 Å². The van der Waals surface area contributed by atoms with Crippen molar-refractivity contribution in [1.29, 1.82) is 0 Å². The van der Waals surface area contributed by atoms with Gasteiger partial charge < -0.3 is 9.40 Å². The zero-order valence-corrected chi connectivity index (χ0v) is 9.80. The summed E-state index contributed by atoms with van der Waals surface area (Å²) in [6.45, 7) is 1.93. The van der Waals surface area contributed by atoms with Gasteiger partial charge in [0.2, 0.25) is 0 Å². The quantitative estimate of drug-likeness (QED) is 0.804. The van der Waals surface area contributed by atoms with E-state index in [2.05, 4.69) is 9.97 Å². The summed E-state index contributed by atoms with van der Waals surface area (Å²) in [6.07, 6.45) is 4.17. The van der Waals surface area contributed by atoms with E-state index >= 15 is 0 Å². The van der Waals surface area contributed by atoms with Crippen LogP contribution in [0.5, 0.6) is 0 Å². The highest BCUT2D eigenvalue weighted by atomic mass is 32.1. The summed E-state index contributed by atoms with van der Waals surface area (Å²) >= 11 is 5.19. The van der Waals surface area contributed by atoms with Gasteiger partial charge >= 0.3 is 0 Å². The Labute approximate surface area is 98.5 Å². The molecule has 0 bridgehead atoms. The molecule has 1 fully saturated rings. The molecule has 3 rings (SSSR count). The molecule has 0 amide bonds. The lowest BCUT2D eigenvalue weighted by Crippen LogP contribution is -1.94. The number of hydrogen-bond acceptors (Lipinski definition) is 3. The van der Waals surface area contributed by atoms with Crippen molar-refractivity contribution in [3.63, 3.8) is 0 Å². The standard InChI is InChI=1S/C12H12N2OS/c1-7-9(4-5-15-7)12-13-10(8-2-3-8)6-11(16)14-12/h4-6,8H,2-3H2,1H3,(H,13,14,16). The third kappa shape index (κ3) is 1.69. The lowest BCUT2D eigenvalue weighted by Gasteiger charge is -2.03. The van der Waals surface area contributed by atoms with E-state index in [1.54, 1.807) is 6.26 Å². The molecule has 2 heterocycles. The normalized spacial score (nSPS) is 15.3. The third-order valence-electron chi connectivity index (χ3n) is 2.89. The number of aryl methyl sites for hydroxylation is 1. The van der Waals surface area contributed by atoms with Gasteiger partial charge in [-0.1, -0.05) is 12.2 Å².